The molecule has 1 fully saturated rings. The van der Waals surface area contributed by atoms with Crippen LogP contribution < -0.4 is 19.7 Å². The van der Waals surface area contributed by atoms with E-state index in [9.17, 15) is 22.8 Å². The summed E-state index contributed by atoms with van der Waals surface area (Å²) in [6.45, 7) is 0.990. The zero-order chi connectivity index (χ0) is 25.5. The molecule has 0 spiro atoms. The second-order valence-electron chi connectivity index (χ2n) is 8.07. The normalized spacial score (nSPS) is 13.9. The fraction of sp³-hybridized carbons (Fsp3) is 0.231. The van der Waals surface area contributed by atoms with Gasteiger partial charge in [0.1, 0.15) is 11.5 Å². The van der Waals surface area contributed by atoms with Crippen LogP contribution in [0.25, 0.3) is 0 Å². The van der Waals surface area contributed by atoms with E-state index in [1.54, 1.807) is 58.3 Å². The number of hydrogen-bond donors (Lipinski definition) is 1. The molecule has 0 aliphatic carbocycles. The van der Waals surface area contributed by atoms with Crippen LogP contribution in [0.15, 0.2) is 78.9 Å². The first-order valence-corrected chi connectivity index (χ1v) is 11.3. The molecule has 0 aromatic heterocycles. The van der Waals surface area contributed by atoms with Gasteiger partial charge in [-0.05, 0) is 48.4 Å². The molecule has 7 nitrogen and oxygen atoms in total. The van der Waals surface area contributed by atoms with Crippen LogP contribution in [-0.2, 0) is 11.3 Å². The zero-order valence-corrected chi connectivity index (χ0v) is 19.2. The van der Waals surface area contributed by atoms with E-state index in [2.05, 4.69) is 10.1 Å². The minimum atomic E-state index is -4.76. The van der Waals surface area contributed by atoms with Gasteiger partial charge in [0, 0.05) is 19.6 Å². The summed E-state index contributed by atoms with van der Waals surface area (Å²) in [4.78, 5) is 29.0. The standard InChI is InChI=1S/C26H24F3N3O4/c27-26(28,29)36-21-13-11-19(12-14-21)17-31-15-6-16-32(25(31)34)23-10-5-4-9-22(23)30-24(33)18-35-20-7-2-1-3-8-20/h1-5,7-14H,6,15-18H2,(H,30,33). The van der Waals surface area contributed by atoms with Crippen LogP contribution in [0.5, 0.6) is 11.5 Å². The average molecular weight is 499 g/mol. The Morgan fingerprint density at radius 2 is 1.58 bits per heavy atom. The molecule has 188 valence electrons. The first kappa shape index (κ1) is 24.9. The third-order valence-corrected chi connectivity index (χ3v) is 5.42. The molecule has 0 saturated carbocycles. The largest absolute Gasteiger partial charge is 0.573 e. The monoisotopic (exact) mass is 499 g/mol. The quantitative estimate of drug-likeness (QED) is 0.449. The number of benzene rings is 3. The van der Waals surface area contributed by atoms with E-state index in [-0.39, 0.29) is 30.8 Å². The summed E-state index contributed by atoms with van der Waals surface area (Å²) in [6, 6.07) is 21.1. The molecule has 36 heavy (non-hydrogen) atoms. The lowest BCUT2D eigenvalue weighted by atomic mass is 10.1. The minimum Gasteiger partial charge on any atom is -0.484 e. The molecule has 1 heterocycles. The molecule has 1 aliphatic heterocycles. The summed E-state index contributed by atoms with van der Waals surface area (Å²) < 4.78 is 46.6. The van der Waals surface area contributed by atoms with Crippen LogP contribution in [0.3, 0.4) is 0 Å². The lowest BCUT2D eigenvalue weighted by Gasteiger charge is -2.36. The number of amides is 3. The van der Waals surface area contributed by atoms with Gasteiger partial charge in [0.2, 0.25) is 0 Å². The van der Waals surface area contributed by atoms with Gasteiger partial charge < -0.3 is 19.7 Å². The Morgan fingerprint density at radius 1 is 0.889 bits per heavy atom. The number of urea groups is 1. The number of carbonyl (C=O) groups excluding carboxylic acids is 2. The second kappa shape index (κ2) is 11.0. The van der Waals surface area contributed by atoms with Crippen molar-refractivity contribution in [2.24, 2.45) is 0 Å². The van der Waals surface area contributed by atoms with Gasteiger partial charge >= 0.3 is 12.4 Å². The number of nitrogens with one attached hydrogen (secondary N) is 1. The van der Waals surface area contributed by atoms with Crippen LogP contribution in [0, 0.1) is 0 Å². The van der Waals surface area contributed by atoms with Crippen LogP contribution in [0.2, 0.25) is 0 Å². The number of nitrogens with zero attached hydrogens (tertiary/aromatic N) is 2. The maximum Gasteiger partial charge on any atom is 0.573 e. The van der Waals surface area contributed by atoms with Crippen molar-refractivity contribution in [1.29, 1.82) is 0 Å². The number of hydrogen-bond acceptors (Lipinski definition) is 4. The van der Waals surface area contributed by atoms with E-state index in [4.69, 9.17) is 4.74 Å². The van der Waals surface area contributed by atoms with E-state index in [0.29, 0.717) is 42.2 Å². The zero-order valence-electron chi connectivity index (χ0n) is 19.2. The number of ether oxygens (including phenoxy) is 2. The van der Waals surface area contributed by atoms with Crippen LogP contribution in [-0.4, -0.2) is 42.9 Å². The van der Waals surface area contributed by atoms with Crippen molar-refractivity contribution < 1.29 is 32.2 Å². The van der Waals surface area contributed by atoms with Gasteiger partial charge in [-0.1, -0.05) is 42.5 Å². The molecule has 1 aliphatic rings. The van der Waals surface area contributed by atoms with Crippen LogP contribution >= 0.6 is 0 Å². The Kier molecular flexibility index (Phi) is 7.62. The van der Waals surface area contributed by atoms with Crippen molar-refractivity contribution in [3.8, 4) is 11.5 Å². The predicted octanol–water partition coefficient (Wildman–Crippen LogP) is 5.44. The molecular weight excluding hydrogens is 475 g/mol. The maximum absolute atomic E-state index is 13.3. The highest BCUT2D eigenvalue weighted by atomic mass is 19.4. The number of carbonyl (C=O) groups is 2. The maximum atomic E-state index is 13.3. The highest BCUT2D eigenvalue weighted by molar-refractivity contribution is 6.01. The number of anilines is 2. The molecule has 3 aromatic rings. The lowest BCUT2D eigenvalue weighted by molar-refractivity contribution is -0.274. The fourth-order valence-electron chi connectivity index (χ4n) is 3.84. The van der Waals surface area contributed by atoms with Crippen molar-refractivity contribution >= 4 is 23.3 Å². The summed E-state index contributed by atoms with van der Waals surface area (Å²) >= 11 is 0. The lowest BCUT2D eigenvalue weighted by Crippen LogP contribution is -2.49. The highest BCUT2D eigenvalue weighted by Gasteiger charge is 2.31. The summed E-state index contributed by atoms with van der Waals surface area (Å²) in [5, 5.41) is 2.81. The third kappa shape index (κ3) is 6.68. The fourth-order valence-corrected chi connectivity index (χ4v) is 3.84. The number of rotatable bonds is 8. The van der Waals surface area contributed by atoms with Crippen LogP contribution in [0.1, 0.15) is 12.0 Å². The van der Waals surface area contributed by atoms with Gasteiger partial charge in [-0.3, -0.25) is 9.69 Å². The minimum absolute atomic E-state index is 0.188. The van der Waals surface area contributed by atoms with Gasteiger partial charge in [-0.25, -0.2) is 4.79 Å². The van der Waals surface area contributed by atoms with E-state index < -0.39 is 6.36 Å². The van der Waals surface area contributed by atoms with Crippen LogP contribution in [0.4, 0.5) is 29.3 Å². The molecule has 3 aromatic carbocycles. The molecule has 1 saturated heterocycles. The van der Waals surface area contributed by atoms with Crippen molar-refractivity contribution in [3.63, 3.8) is 0 Å². The van der Waals surface area contributed by atoms with Crippen molar-refractivity contribution in [1.82, 2.24) is 4.90 Å². The predicted molar refractivity (Wildman–Crippen MR) is 128 cm³/mol. The molecule has 0 bridgehead atoms. The number of alkyl halides is 3. The Labute approximate surface area is 206 Å². The highest BCUT2D eigenvalue weighted by Crippen LogP contribution is 2.29. The topological polar surface area (TPSA) is 71.1 Å². The summed E-state index contributed by atoms with van der Waals surface area (Å²) in [6.07, 6.45) is -4.08. The Bertz CT molecular complexity index is 1190. The number of para-hydroxylation sites is 3. The second-order valence-corrected chi connectivity index (χ2v) is 8.07. The van der Waals surface area contributed by atoms with Gasteiger partial charge in [0.25, 0.3) is 5.91 Å². The number of halogens is 3. The van der Waals surface area contributed by atoms with Gasteiger partial charge in [0.15, 0.2) is 6.61 Å². The van der Waals surface area contributed by atoms with E-state index in [0.717, 1.165) is 0 Å². The van der Waals surface area contributed by atoms with E-state index >= 15 is 0 Å². The molecule has 10 heteroatoms. The molecular formula is C26H24F3N3O4. The Morgan fingerprint density at radius 3 is 2.31 bits per heavy atom. The van der Waals surface area contributed by atoms with Gasteiger partial charge in [0.05, 0.1) is 11.4 Å². The average Bonchev–Trinajstić information content (AvgIpc) is 2.85. The van der Waals surface area contributed by atoms with E-state index in [1.165, 1.54) is 24.3 Å². The molecule has 0 radical (unpaired) electrons. The molecule has 0 atom stereocenters. The first-order chi connectivity index (χ1) is 17.3. The summed E-state index contributed by atoms with van der Waals surface area (Å²) in [5.41, 5.74) is 1.69. The Hall–Kier alpha value is -4.21. The van der Waals surface area contributed by atoms with Crippen molar-refractivity contribution in [2.45, 2.75) is 19.3 Å². The van der Waals surface area contributed by atoms with Gasteiger partial charge in [-0.2, -0.15) is 0 Å². The smallest absolute Gasteiger partial charge is 0.484 e. The molecule has 4 rings (SSSR count). The van der Waals surface area contributed by atoms with Crippen molar-refractivity contribution in [3.05, 3.63) is 84.4 Å². The molecule has 3 amide bonds. The molecule has 1 N–H and O–H groups in total. The third-order valence-electron chi connectivity index (χ3n) is 5.42. The first-order valence-electron chi connectivity index (χ1n) is 11.3. The van der Waals surface area contributed by atoms with E-state index in [1.807, 2.05) is 6.07 Å². The molecule has 0 unspecified atom stereocenters. The van der Waals surface area contributed by atoms with Gasteiger partial charge in [-0.15, -0.1) is 13.2 Å². The summed E-state index contributed by atoms with van der Waals surface area (Å²) in [7, 11) is 0. The Balaban J connectivity index is 1.41. The summed E-state index contributed by atoms with van der Waals surface area (Å²) in [5.74, 6) is -0.117. The SMILES string of the molecule is O=C(COc1ccccc1)Nc1ccccc1N1CCCN(Cc2ccc(OC(F)(F)F)cc2)C1=O. The van der Waals surface area contributed by atoms with Crippen molar-refractivity contribution in [2.75, 3.05) is 29.9 Å².